The zero-order valence-electron chi connectivity index (χ0n) is 19.3. The monoisotopic (exact) mass is 499 g/mol. The molecule has 0 fully saturated rings. The molecule has 0 spiro atoms. The van der Waals surface area contributed by atoms with Crippen LogP contribution in [0.4, 0.5) is 17.1 Å². The normalized spacial score (nSPS) is 11.2. The van der Waals surface area contributed by atoms with Crippen molar-refractivity contribution in [2.45, 2.75) is 31.5 Å². The molecule has 0 saturated heterocycles. The number of rotatable bonds is 10. The molecule has 184 valence electrons. The largest absolute Gasteiger partial charge is 0.495 e. The minimum absolute atomic E-state index is 0.0788. The third-order valence-corrected chi connectivity index (χ3v) is 6.21. The van der Waals surface area contributed by atoms with Crippen molar-refractivity contribution in [2.24, 2.45) is 0 Å². The smallest absolute Gasteiger partial charge is 0.271 e. The van der Waals surface area contributed by atoms with Gasteiger partial charge in [-0.2, -0.15) is 0 Å². The molecule has 0 aliphatic heterocycles. The average Bonchev–Trinajstić information content (AvgIpc) is 2.82. The summed E-state index contributed by atoms with van der Waals surface area (Å²) in [6.07, 6.45) is 0.0793. The van der Waals surface area contributed by atoms with Crippen molar-refractivity contribution in [3.63, 3.8) is 0 Å². The number of carbonyl (C=O) groups is 1. The van der Waals surface area contributed by atoms with Crippen molar-refractivity contribution in [1.82, 2.24) is 0 Å². The lowest BCUT2D eigenvalue weighted by Crippen LogP contribution is -2.15. The van der Waals surface area contributed by atoms with Crippen molar-refractivity contribution >= 4 is 33.0 Å². The number of benzene rings is 3. The van der Waals surface area contributed by atoms with Gasteiger partial charge in [-0.1, -0.05) is 12.1 Å². The quantitative estimate of drug-likeness (QED) is 0.308. The van der Waals surface area contributed by atoms with E-state index in [9.17, 15) is 23.3 Å². The number of hydrogen-bond donors (Lipinski definition) is 2. The summed E-state index contributed by atoms with van der Waals surface area (Å²) in [5, 5.41) is 13.8. The van der Waals surface area contributed by atoms with E-state index in [4.69, 9.17) is 9.47 Å². The van der Waals surface area contributed by atoms with E-state index in [1.807, 2.05) is 19.9 Å². The summed E-state index contributed by atoms with van der Waals surface area (Å²) in [6, 6.07) is 16.1. The Hall–Kier alpha value is -3.96. The highest BCUT2D eigenvalue weighted by Crippen LogP contribution is 2.31. The fraction of sp³-hybridized carbons (Fsp3) is 0.208. The number of hydrogen-bond acceptors (Lipinski definition) is 7. The maximum atomic E-state index is 12.8. The Kier molecular flexibility index (Phi) is 8.05. The number of nitrogens with one attached hydrogen (secondary N) is 2. The third-order valence-electron chi connectivity index (χ3n) is 4.83. The Morgan fingerprint density at radius 2 is 1.77 bits per heavy atom. The topological polar surface area (TPSA) is 137 Å². The van der Waals surface area contributed by atoms with Crippen molar-refractivity contribution < 1.29 is 27.6 Å². The molecule has 1 amide bonds. The Labute approximate surface area is 203 Å². The van der Waals surface area contributed by atoms with Gasteiger partial charge in [-0.3, -0.25) is 19.6 Å². The fourth-order valence-electron chi connectivity index (χ4n) is 3.08. The van der Waals surface area contributed by atoms with Crippen LogP contribution in [0.15, 0.2) is 71.6 Å². The molecule has 0 unspecified atom stereocenters. The second kappa shape index (κ2) is 11.0. The van der Waals surface area contributed by atoms with Crippen molar-refractivity contribution in [3.8, 4) is 5.75 Å². The first-order chi connectivity index (χ1) is 16.6. The number of nitrogens with zero attached hydrogens (tertiary/aromatic N) is 1. The minimum Gasteiger partial charge on any atom is -0.495 e. The van der Waals surface area contributed by atoms with Crippen LogP contribution in [0.5, 0.6) is 5.75 Å². The Morgan fingerprint density at radius 1 is 1.06 bits per heavy atom. The summed E-state index contributed by atoms with van der Waals surface area (Å²) >= 11 is 0. The Balaban J connectivity index is 1.74. The van der Waals surface area contributed by atoms with Crippen LogP contribution < -0.4 is 14.8 Å². The Bertz CT molecular complexity index is 1320. The van der Waals surface area contributed by atoms with Gasteiger partial charge in [0.2, 0.25) is 0 Å². The molecular weight excluding hydrogens is 474 g/mol. The zero-order chi connectivity index (χ0) is 25.6. The van der Waals surface area contributed by atoms with Gasteiger partial charge in [0.25, 0.3) is 21.6 Å². The van der Waals surface area contributed by atoms with E-state index >= 15 is 0 Å². The molecule has 11 heteroatoms. The van der Waals surface area contributed by atoms with E-state index in [0.29, 0.717) is 12.3 Å². The molecule has 3 aromatic carbocycles. The van der Waals surface area contributed by atoms with E-state index in [1.54, 1.807) is 18.2 Å². The molecular formula is C24H25N3O7S. The average molecular weight is 500 g/mol. The molecule has 2 N–H and O–H groups in total. The summed E-state index contributed by atoms with van der Waals surface area (Å²) < 4.78 is 38.6. The fourth-order valence-corrected chi connectivity index (χ4v) is 4.14. The van der Waals surface area contributed by atoms with Crippen LogP contribution in [0, 0.1) is 10.1 Å². The first-order valence-electron chi connectivity index (χ1n) is 10.6. The van der Waals surface area contributed by atoms with Gasteiger partial charge in [-0.25, -0.2) is 8.42 Å². The molecule has 0 radical (unpaired) electrons. The van der Waals surface area contributed by atoms with Gasteiger partial charge in [-0.05, 0) is 61.9 Å². The number of anilines is 2. The lowest BCUT2D eigenvalue weighted by molar-refractivity contribution is -0.384. The second-order valence-electron chi connectivity index (χ2n) is 7.79. The molecule has 3 rings (SSSR count). The highest BCUT2D eigenvalue weighted by atomic mass is 32.2. The van der Waals surface area contributed by atoms with Crippen LogP contribution in [0.3, 0.4) is 0 Å². The highest BCUT2D eigenvalue weighted by Gasteiger charge is 2.20. The number of carbonyl (C=O) groups excluding carboxylic acids is 1. The maximum absolute atomic E-state index is 12.8. The summed E-state index contributed by atoms with van der Waals surface area (Å²) in [7, 11) is -2.79. The molecule has 0 aliphatic carbocycles. The number of sulfonamides is 1. The van der Waals surface area contributed by atoms with E-state index in [2.05, 4.69) is 10.0 Å². The molecule has 0 atom stereocenters. The van der Waals surface area contributed by atoms with E-state index in [-0.39, 0.29) is 33.7 Å². The maximum Gasteiger partial charge on any atom is 0.271 e. The van der Waals surface area contributed by atoms with E-state index < -0.39 is 20.9 Å². The summed E-state index contributed by atoms with van der Waals surface area (Å²) in [5.41, 5.74) is 1.36. The minimum atomic E-state index is -4.11. The lowest BCUT2D eigenvalue weighted by Gasteiger charge is -2.12. The van der Waals surface area contributed by atoms with Gasteiger partial charge in [0.1, 0.15) is 5.75 Å². The molecule has 10 nitrogen and oxygen atoms in total. The molecule has 3 aromatic rings. The number of methoxy groups -OCH3 is 1. The van der Waals surface area contributed by atoms with Crippen molar-refractivity contribution in [2.75, 3.05) is 17.1 Å². The first-order valence-corrected chi connectivity index (χ1v) is 12.0. The Morgan fingerprint density at radius 3 is 2.40 bits per heavy atom. The predicted molar refractivity (Wildman–Crippen MR) is 131 cm³/mol. The van der Waals surface area contributed by atoms with Gasteiger partial charge < -0.3 is 14.8 Å². The van der Waals surface area contributed by atoms with Crippen LogP contribution in [0.2, 0.25) is 0 Å². The highest BCUT2D eigenvalue weighted by molar-refractivity contribution is 7.92. The molecule has 0 heterocycles. The van der Waals surface area contributed by atoms with Gasteiger partial charge in [0.05, 0.1) is 35.3 Å². The number of ether oxygens (including phenoxy) is 2. The molecule has 35 heavy (non-hydrogen) atoms. The number of amides is 1. The molecule has 0 aromatic heterocycles. The van der Waals surface area contributed by atoms with Gasteiger partial charge >= 0.3 is 0 Å². The SMILES string of the molecule is COc1ccc([N+](=O)[O-])cc1NS(=O)(=O)c1ccc(C(=O)Nc2cccc(COC(C)C)c2)cc1. The van der Waals surface area contributed by atoms with E-state index in [0.717, 1.165) is 11.6 Å². The number of nitro benzene ring substituents is 1. The zero-order valence-corrected chi connectivity index (χ0v) is 20.2. The molecule has 0 aliphatic rings. The van der Waals surface area contributed by atoms with Crippen LogP contribution in [0.25, 0.3) is 0 Å². The predicted octanol–water partition coefficient (Wildman–Crippen LogP) is 4.58. The summed E-state index contributed by atoms with van der Waals surface area (Å²) in [5.74, 6) is -0.291. The van der Waals surface area contributed by atoms with E-state index in [1.165, 1.54) is 43.5 Å². The van der Waals surface area contributed by atoms with Gasteiger partial charge in [0.15, 0.2) is 0 Å². The first kappa shape index (κ1) is 25.7. The van der Waals surface area contributed by atoms with Crippen LogP contribution in [0.1, 0.15) is 29.8 Å². The summed E-state index contributed by atoms with van der Waals surface area (Å²) in [4.78, 5) is 22.9. The van der Waals surface area contributed by atoms with Crippen molar-refractivity contribution in [3.05, 3.63) is 88.0 Å². The second-order valence-corrected chi connectivity index (χ2v) is 9.47. The van der Waals surface area contributed by atoms with Crippen LogP contribution >= 0.6 is 0 Å². The number of non-ortho nitro benzene ring substituents is 1. The lowest BCUT2D eigenvalue weighted by atomic mass is 10.2. The third kappa shape index (κ3) is 6.78. The molecule has 0 saturated carbocycles. The van der Waals surface area contributed by atoms with Crippen molar-refractivity contribution in [1.29, 1.82) is 0 Å². The van der Waals surface area contributed by atoms with Crippen LogP contribution in [-0.2, 0) is 21.4 Å². The number of nitro groups is 1. The molecule has 0 bridgehead atoms. The van der Waals surface area contributed by atoms with Gasteiger partial charge in [0, 0.05) is 23.4 Å². The van der Waals surface area contributed by atoms with Crippen LogP contribution in [-0.4, -0.2) is 32.5 Å². The summed E-state index contributed by atoms with van der Waals surface area (Å²) in [6.45, 7) is 4.28. The van der Waals surface area contributed by atoms with Gasteiger partial charge in [-0.15, -0.1) is 0 Å². The standard InChI is InChI=1S/C24H25N3O7S/c1-16(2)34-15-17-5-4-6-19(13-17)25-24(28)18-7-10-21(11-8-18)35(31,32)26-22-14-20(27(29)30)9-12-23(22)33-3/h4-14,16,26H,15H2,1-3H3,(H,25,28).